The lowest BCUT2D eigenvalue weighted by Crippen LogP contribution is -2.55. The Balaban J connectivity index is 2.27. The Morgan fingerprint density at radius 2 is 1.88 bits per heavy atom. The molecule has 0 aliphatic carbocycles. The van der Waals surface area contributed by atoms with Crippen LogP contribution in [-0.4, -0.2) is 49.1 Å². The molecule has 8 heteroatoms. The second kappa shape index (κ2) is 6.76. The lowest BCUT2D eigenvalue weighted by molar-refractivity contribution is -0.136. The molecule has 1 aromatic rings. The number of benzene rings is 1. The van der Waals surface area contributed by atoms with Crippen LogP contribution < -0.4 is 4.72 Å². The quantitative estimate of drug-likeness (QED) is 0.832. The van der Waals surface area contributed by atoms with Gasteiger partial charge in [-0.1, -0.05) is 26.8 Å². The highest BCUT2D eigenvalue weighted by Gasteiger charge is 2.37. The average molecular weight is 368 g/mol. The van der Waals surface area contributed by atoms with Gasteiger partial charge < -0.3 is 10.0 Å². The summed E-state index contributed by atoms with van der Waals surface area (Å²) in [6.45, 7) is 6.14. The number of amides is 1. The van der Waals surface area contributed by atoms with Gasteiger partial charge in [0.05, 0.1) is 11.8 Å². The second-order valence-corrected chi connectivity index (χ2v) is 9.27. The van der Waals surface area contributed by atoms with Crippen LogP contribution in [0.15, 0.2) is 18.2 Å². The van der Waals surface area contributed by atoms with E-state index in [1.54, 1.807) is 43.9 Å². The minimum atomic E-state index is -3.54. The van der Waals surface area contributed by atoms with Crippen LogP contribution in [0.2, 0.25) is 0 Å². The van der Waals surface area contributed by atoms with Crippen molar-refractivity contribution >= 4 is 21.9 Å². The van der Waals surface area contributed by atoms with Crippen molar-refractivity contribution in [3.8, 4) is 0 Å². The molecule has 1 aliphatic heterocycles. The number of carbonyl (C=O) groups excluding carboxylic acids is 1. The highest BCUT2D eigenvalue weighted by Crippen LogP contribution is 2.26. The predicted octanol–water partition coefficient (Wildman–Crippen LogP) is 1.23. The maximum Gasteiger partial charge on any atom is 0.335 e. The van der Waals surface area contributed by atoms with Crippen molar-refractivity contribution in [2.75, 3.05) is 12.8 Å². The van der Waals surface area contributed by atoms with Gasteiger partial charge in [0.15, 0.2) is 0 Å². The third kappa shape index (κ3) is 4.79. The van der Waals surface area contributed by atoms with Gasteiger partial charge in [0, 0.05) is 13.1 Å². The normalized spacial score (nSPS) is 16.2. The molecule has 0 saturated carbocycles. The Bertz CT molecular complexity index is 796. The molecule has 1 amide bonds. The van der Waals surface area contributed by atoms with E-state index in [0.29, 0.717) is 13.0 Å². The summed E-state index contributed by atoms with van der Waals surface area (Å²) in [4.78, 5) is 25.7. The summed E-state index contributed by atoms with van der Waals surface area (Å²) in [5.41, 5.74) is 1.38. The number of fused-ring (bicyclic) bond motifs is 1. The van der Waals surface area contributed by atoms with Crippen molar-refractivity contribution in [2.24, 2.45) is 5.41 Å². The van der Waals surface area contributed by atoms with E-state index in [1.165, 1.54) is 0 Å². The molecular weight excluding hydrogens is 344 g/mol. The largest absolute Gasteiger partial charge is 0.478 e. The second-order valence-electron chi connectivity index (χ2n) is 7.49. The Morgan fingerprint density at radius 3 is 2.40 bits per heavy atom. The molecule has 0 radical (unpaired) electrons. The number of sulfonamides is 1. The highest BCUT2D eigenvalue weighted by atomic mass is 32.2. The summed E-state index contributed by atoms with van der Waals surface area (Å²) < 4.78 is 25.7. The standard InChI is InChI=1S/C17H24N2O5S/c1-17(2,3)14(18-25(4,23)24)15(20)19-8-7-11-5-6-12(16(21)22)9-13(11)10-19/h5-6,9,14,18H,7-8,10H2,1-4H3,(H,21,22). The zero-order valence-electron chi connectivity index (χ0n) is 14.9. The van der Waals surface area contributed by atoms with Crippen LogP contribution in [0.3, 0.4) is 0 Å². The SMILES string of the molecule is CC(C)(C)C(NS(C)(=O)=O)C(=O)N1CCc2ccc(C(=O)O)cc2C1. The molecular formula is C17H24N2O5S. The number of nitrogens with one attached hydrogen (secondary N) is 1. The minimum absolute atomic E-state index is 0.176. The monoisotopic (exact) mass is 368 g/mol. The fourth-order valence-corrected chi connectivity index (χ4v) is 3.76. The van der Waals surface area contributed by atoms with Crippen LogP contribution in [-0.2, 0) is 27.8 Å². The van der Waals surface area contributed by atoms with E-state index in [4.69, 9.17) is 5.11 Å². The molecule has 138 valence electrons. The van der Waals surface area contributed by atoms with Crippen LogP contribution in [0.1, 0.15) is 42.3 Å². The molecule has 0 bridgehead atoms. The van der Waals surface area contributed by atoms with E-state index in [1.807, 2.05) is 0 Å². The van der Waals surface area contributed by atoms with Crippen molar-refractivity contribution in [1.82, 2.24) is 9.62 Å². The molecule has 1 aliphatic rings. The first-order valence-corrected chi connectivity index (χ1v) is 9.89. The average Bonchev–Trinajstić information content (AvgIpc) is 2.49. The minimum Gasteiger partial charge on any atom is -0.478 e. The first-order valence-electron chi connectivity index (χ1n) is 7.99. The van der Waals surface area contributed by atoms with E-state index in [0.717, 1.165) is 17.4 Å². The lowest BCUT2D eigenvalue weighted by atomic mass is 9.86. The maximum atomic E-state index is 12.9. The third-order valence-electron chi connectivity index (χ3n) is 4.22. The predicted molar refractivity (Wildman–Crippen MR) is 93.7 cm³/mol. The Kier molecular flexibility index (Phi) is 5.24. The number of hydrogen-bond donors (Lipinski definition) is 2. The number of nitrogens with zero attached hydrogens (tertiary/aromatic N) is 1. The Morgan fingerprint density at radius 1 is 1.24 bits per heavy atom. The summed E-state index contributed by atoms with van der Waals surface area (Å²) in [6.07, 6.45) is 1.64. The van der Waals surface area contributed by atoms with Crippen molar-refractivity contribution < 1.29 is 23.1 Å². The van der Waals surface area contributed by atoms with Gasteiger partial charge in [0.1, 0.15) is 6.04 Å². The first kappa shape index (κ1) is 19.4. The molecule has 0 saturated heterocycles. The topological polar surface area (TPSA) is 104 Å². The zero-order chi connectivity index (χ0) is 19.0. The van der Waals surface area contributed by atoms with Crippen LogP contribution >= 0.6 is 0 Å². The van der Waals surface area contributed by atoms with E-state index in [-0.39, 0.29) is 18.0 Å². The van der Waals surface area contributed by atoms with Gasteiger partial charge in [-0.2, -0.15) is 0 Å². The van der Waals surface area contributed by atoms with Crippen molar-refractivity contribution in [2.45, 2.75) is 39.8 Å². The molecule has 1 aromatic carbocycles. The van der Waals surface area contributed by atoms with Gasteiger partial charge in [-0.25, -0.2) is 17.9 Å². The summed E-state index contributed by atoms with van der Waals surface area (Å²) in [6, 6.07) is 4.03. The maximum absolute atomic E-state index is 12.9. The van der Waals surface area contributed by atoms with Gasteiger partial charge in [-0.3, -0.25) is 4.79 Å². The molecule has 0 spiro atoms. The van der Waals surface area contributed by atoms with Gasteiger partial charge in [0.2, 0.25) is 15.9 Å². The smallest absolute Gasteiger partial charge is 0.335 e. The fraction of sp³-hybridized carbons (Fsp3) is 0.529. The van der Waals surface area contributed by atoms with Crippen molar-refractivity contribution in [3.63, 3.8) is 0 Å². The number of carboxylic acid groups (broad SMARTS) is 1. The van der Waals surface area contributed by atoms with E-state index in [9.17, 15) is 18.0 Å². The summed E-state index contributed by atoms with van der Waals surface area (Å²) in [7, 11) is -3.54. The molecule has 2 rings (SSSR count). The van der Waals surface area contributed by atoms with Gasteiger partial charge in [0.25, 0.3) is 0 Å². The summed E-state index contributed by atoms with van der Waals surface area (Å²) >= 11 is 0. The summed E-state index contributed by atoms with van der Waals surface area (Å²) in [5.74, 6) is -1.32. The van der Waals surface area contributed by atoms with E-state index >= 15 is 0 Å². The molecule has 1 heterocycles. The highest BCUT2D eigenvalue weighted by molar-refractivity contribution is 7.88. The molecule has 1 atom stereocenters. The number of hydrogen-bond acceptors (Lipinski definition) is 4. The number of rotatable bonds is 4. The van der Waals surface area contributed by atoms with Gasteiger partial charge >= 0.3 is 5.97 Å². The molecule has 25 heavy (non-hydrogen) atoms. The number of aromatic carboxylic acids is 1. The van der Waals surface area contributed by atoms with Gasteiger partial charge in [-0.15, -0.1) is 0 Å². The van der Waals surface area contributed by atoms with E-state index in [2.05, 4.69) is 4.72 Å². The Hall–Kier alpha value is -1.93. The molecule has 0 aromatic heterocycles. The number of carbonyl (C=O) groups is 2. The molecule has 7 nitrogen and oxygen atoms in total. The first-order chi connectivity index (χ1) is 11.4. The molecule has 2 N–H and O–H groups in total. The van der Waals surface area contributed by atoms with Crippen molar-refractivity contribution in [1.29, 1.82) is 0 Å². The van der Waals surface area contributed by atoms with Crippen LogP contribution in [0.25, 0.3) is 0 Å². The third-order valence-corrected chi connectivity index (χ3v) is 4.89. The van der Waals surface area contributed by atoms with Crippen LogP contribution in [0.4, 0.5) is 0 Å². The fourth-order valence-electron chi connectivity index (χ4n) is 2.87. The van der Waals surface area contributed by atoms with E-state index < -0.39 is 27.4 Å². The zero-order valence-corrected chi connectivity index (χ0v) is 15.7. The number of carboxylic acids is 1. The van der Waals surface area contributed by atoms with Crippen LogP contribution in [0.5, 0.6) is 0 Å². The van der Waals surface area contributed by atoms with Gasteiger partial charge in [-0.05, 0) is 35.1 Å². The van der Waals surface area contributed by atoms with Crippen LogP contribution in [0, 0.1) is 5.41 Å². The lowest BCUT2D eigenvalue weighted by Gasteiger charge is -2.36. The Labute approximate surface area is 148 Å². The summed E-state index contributed by atoms with van der Waals surface area (Å²) in [5, 5.41) is 9.13. The molecule has 0 fully saturated rings. The van der Waals surface area contributed by atoms with Crippen molar-refractivity contribution in [3.05, 3.63) is 34.9 Å². The molecule has 1 unspecified atom stereocenters.